The molecule has 0 saturated heterocycles. The second-order valence-electron chi connectivity index (χ2n) is 5.55. The molecular formula is C18H14N2O5. The summed E-state index contributed by atoms with van der Waals surface area (Å²) in [5, 5.41) is 11.6. The third-order valence-corrected chi connectivity index (χ3v) is 3.82. The molecule has 0 saturated carbocycles. The van der Waals surface area contributed by atoms with E-state index in [2.05, 4.69) is 4.98 Å². The second kappa shape index (κ2) is 6.56. The maximum Gasteiger partial charge on any atom is 0.338 e. The largest absolute Gasteiger partial charge is 0.457 e. The van der Waals surface area contributed by atoms with Crippen molar-refractivity contribution in [2.24, 2.45) is 0 Å². The third-order valence-electron chi connectivity index (χ3n) is 3.82. The van der Waals surface area contributed by atoms with Gasteiger partial charge in [0, 0.05) is 17.1 Å². The van der Waals surface area contributed by atoms with E-state index in [0.29, 0.717) is 16.6 Å². The number of rotatable bonds is 4. The van der Waals surface area contributed by atoms with Crippen LogP contribution in [0.15, 0.2) is 53.3 Å². The fourth-order valence-corrected chi connectivity index (χ4v) is 2.51. The molecule has 2 aromatic carbocycles. The van der Waals surface area contributed by atoms with Gasteiger partial charge in [0.05, 0.1) is 16.1 Å². The number of fused-ring (bicyclic) bond motifs is 1. The lowest BCUT2D eigenvalue weighted by Crippen LogP contribution is -2.15. The molecule has 7 heteroatoms. The van der Waals surface area contributed by atoms with Gasteiger partial charge in [0.1, 0.15) is 6.61 Å². The van der Waals surface area contributed by atoms with Crippen molar-refractivity contribution in [1.82, 2.24) is 4.98 Å². The van der Waals surface area contributed by atoms with Crippen LogP contribution in [0.1, 0.15) is 21.5 Å². The molecule has 0 radical (unpaired) electrons. The third kappa shape index (κ3) is 3.40. The number of benzene rings is 2. The quantitative estimate of drug-likeness (QED) is 0.447. The van der Waals surface area contributed by atoms with Gasteiger partial charge in [0.15, 0.2) is 0 Å². The van der Waals surface area contributed by atoms with Crippen molar-refractivity contribution >= 4 is 22.6 Å². The number of carbonyl (C=O) groups excluding carboxylic acids is 1. The Labute approximate surface area is 142 Å². The zero-order chi connectivity index (χ0) is 18.0. The lowest BCUT2D eigenvalue weighted by molar-refractivity contribution is -0.385. The lowest BCUT2D eigenvalue weighted by atomic mass is 10.1. The average molecular weight is 338 g/mol. The molecular weight excluding hydrogens is 324 g/mol. The van der Waals surface area contributed by atoms with E-state index >= 15 is 0 Å². The van der Waals surface area contributed by atoms with Gasteiger partial charge in [-0.15, -0.1) is 0 Å². The molecule has 1 aromatic heterocycles. The van der Waals surface area contributed by atoms with Crippen LogP contribution in [0, 0.1) is 17.0 Å². The molecule has 0 bridgehead atoms. The molecule has 0 unspecified atom stereocenters. The topological polar surface area (TPSA) is 102 Å². The summed E-state index contributed by atoms with van der Waals surface area (Å²) >= 11 is 0. The first-order chi connectivity index (χ1) is 12.0. The molecule has 3 rings (SSSR count). The minimum absolute atomic E-state index is 0.0671. The second-order valence-corrected chi connectivity index (χ2v) is 5.55. The minimum Gasteiger partial charge on any atom is -0.457 e. The lowest BCUT2D eigenvalue weighted by Gasteiger charge is -2.06. The van der Waals surface area contributed by atoms with Crippen LogP contribution >= 0.6 is 0 Å². The van der Waals surface area contributed by atoms with E-state index in [-0.39, 0.29) is 23.4 Å². The maximum absolute atomic E-state index is 12.1. The maximum atomic E-state index is 12.1. The highest BCUT2D eigenvalue weighted by atomic mass is 16.6. The predicted octanol–water partition coefficient (Wildman–Crippen LogP) is 3.10. The Morgan fingerprint density at radius 2 is 1.96 bits per heavy atom. The number of carbonyl (C=O) groups is 1. The van der Waals surface area contributed by atoms with Gasteiger partial charge >= 0.3 is 5.97 Å². The van der Waals surface area contributed by atoms with E-state index in [4.69, 9.17) is 4.74 Å². The van der Waals surface area contributed by atoms with E-state index in [1.54, 1.807) is 19.1 Å². The van der Waals surface area contributed by atoms with Crippen LogP contribution in [0.2, 0.25) is 0 Å². The fraction of sp³-hybridized carbons (Fsp3) is 0.111. The smallest absolute Gasteiger partial charge is 0.338 e. The van der Waals surface area contributed by atoms with E-state index in [1.165, 1.54) is 18.2 Å². The van der Waals surface area contributed by atoms with Crippen LogP contribution in [0.5, 0.6) is 0 Å². The zero-order valence-corrected chi connectivity index (χ0v) is 13.3. The van der Waals surface area contributed by atoms with Gasteiger partial charge in [-0.3, -0.25) is 14.9 Å². The number of pyridine rings is 1. The van der Waals surface area contributed by atoms with Crippen molar-refractivity contribution in [3.05, 3.63) is 85.7 Å². The zero-order valence-electron chi connectivity index (χ0n) is 13.3. The Morgan fingerprint density at radius 3 is 2.68 bits per heavy atom. The number of hydrogen-bond donors (Lipinski definition) is 1. The van der Waals surface area contributed by atoms with E-state index in [0.717, 1.165) is 5.39 Å². The highest BCUT2D eigenvalue weighted by Crippen LogP contribution is 2.19. The van der Waals surface area contributed by atoms with Gasteiger partial charge < -0.3 is 9.72 Å². The summed E-state index contributed by atoms with van der Waals surface area (Å²) in [6.45, 7) is 1.36. The SMILES string of the molecule is Cc1cc(C(=O)OCc2cc3ccccc3[nH]c2=O)ccc1[N+](=O)[O-]. The summed E-state index contributed by atoms with van der Waals surface area (Å²) in [5.41, 5.74) is 1.19. The summed E-state index contributed by atoms with van der Waals surface area (Å²) < 4.78 is 5.17. The number of hydrogen-bond acceptors (Lipinski definition) is 5. The first-order valence-electron chi connectivity index (χ1n) is 7.49. The van der Waals surface area contributed by atoms with Gasteiger partial charge in [0.25, 0.3) is 11.2 Å². The summed E-state index contributed by atoms with van der Waals surface area (Å²) in [4.78, 5) is 37.2. The van der Waals surface area contributed by atoms with Crippen LogP contribution in [-0.4, -0.2) is 15.9 Å². The van der Waals surface area contributed by atoms with Gasteiger partial charge in [-0.05, 0) is 36.6 Å². The number of nitrogens with one attached hydrogen (secondary N) is 1. The molecule has 0 atom stereocenters. The molecule has 1 N–H and O–H groups in total. The number of nitro groups is 1. The number of aryl methyl sites for hydroxylation is 1. The number of aromatic nitrogens is 1. The monoisotopic (exact) mass is 338 g/mol. The molecule has 0 aliphatic heterocycles. The van der Waals surface area contributed by atoms with Crippen molar-refractivity contribution in [1.29, 1.82) is 0 Å². The van der Waals surface area contributed by atoms with Gasteiger partial charge in [-0.25, -0.2) is 4.79 Å². The van der Waals surface area contributed by atoms with Gasteiger partial charge in [-0.2, -0.15) is 0 Å². The molecule has 7 nitrogen and oxygen atoms in total. The number of nitrogens with zero attached hydrogens (tertiary/aromatic N) is 1. The van der Waals surface area contributed by atoms with Crippen molar-refractivity contribution in [3.8, 4) is 0 Å². The molecule has 0 fully saturated rings. The number of para-hydroxylation sites is 1. The Morgan fingerprint density at radius 1 is 1.20 bits per heavy atom. The van der Waals surface area contributed by atoms with Crippen LogP contribution in [-0.2, 0) is 11.3 Å². The van der Waals surface area contributed by atoms with Crippen molar-refractivity contribution < 1.29 is 14.5 Å². The van der Waals surface area contributed by atoms with E-state index in [1.807, 2.05) is 18.2 Å². The molecule has 0 aliphatic carbocycles. The van der Waals surface area contributed by atoms with Crippen molar-refractivity contribution in [3.63, 3.8) is 0 Å². The van der Waals surface area contributed by atoms with E-state index in [9.17, 15) is 19.7 Å². The summed E-state index contributed by atoms with van der Waals surface area (Å²) in [5.74, 6) is -0.648. The minimum atomic E-state index is -0.648. The number of aromatic amines is 1. The highest BCUT2D eigenvalue weighted by molar-refractivity contribution is 5.90. The first-order valence-corrected chi connectivity index (χ1v) is 7.49. The molecule has 25 heavy (non-hydrogen) atoms. The Hall–Kier alpha value is -3.48. The predicted molar refractivity (Wildman–Crippen MR) is 91.5 cm³/mol. The normalized spacial score (nSPS) is 10.6. The van der Waals surface area contributed by atoms with E-state index < -0.39 is 10.9 Å². The molecule has 1 heterocycles. The van der Waals surface area contributed by atoms with Gasteiger partial charge in [-0.1, -0.05) is 18.2 Å². The standard InChI is InChI=1S/C18H14N2O5/c1-11-8-13(6-7-16(11)20(23)24)18(22)25-10-14-9-12-4-2-3-5-15(12)19-17(14)21/h2-9H,10H2,1H3,(H,19,21). The Balaban J connectivity index is 1.78. The average Bonchev–Trinajstić information content (AvgIpc) is 2.59. The summed E-state index contributed by atoms with van der Waals surface area (Å²) in [7, 11) is 0. The van der Waals surface area contributed by atoms with Crippen LogP contribution in [0.4, 0.5) is 5.69 Å². The van der Waals surface area contributed by atoms with Gasteiger partial charge in [0.2, 0.25) is 0 Å². The first kappa shape index (κ1) is 16.4. The van der Waals surface area contributed by atoms with Crippen LogP contribution in [0.3, 0.4) is 0 Å². The summed E-state index contributed by atoms with van der Waals surface area (Å²) in [6, 6.07) is 12.9. The number of esters is 1. The number of nitro benzene ring substituents is 1. The van der Waals surface area contributed by atoms with Crippen LogP contribution < -0.4 is 5.56 Å². The number of ether oxygens (including phenoxy) is 1. The highest BCUT2D eigenvalue weighted by Gasteiger charge is 2.15. The Kier molecular flexibility index (Phi) is 4.30. The molecule has 3 aromatic rings. The van der Waals surface area contributed by atoms with Crippen LogP contribution in [0.25, 0.3) is 10.9 Å². The molecule has 0 spiro atoms. The Bertz CT molecular complexity index is 1040. The fourth-order valence-electron chi connectivity index (χ4n) is 2.51. The summed E-state index contributed by atoms with van der Waals surface area (Å²) in [6.07, 6.45) is 0. The molecule has 0 aliphatic rings. The van der Waals surface area contributed by atoms with Crippen molar-refractivity contribution in [2.45, 2.75) is 13.5 Å². The van der Waals surface area contributed by atoms with Crippen molar-refractivity contribution in [2.75, 3.05) is 0 Å². The number of H-pyrrole nitrogens is 1. The molecule has 0 amide bonds. The molecule has 126 valence electrons.